The number of hydrogen-bond acceptors (Lipinski definition) is 37. The van der Waals surface area contributed by atoms with E-state index in [0.717, 1.165) is 31.9 Å². The van der Waals surface area contributed by atoms with Gasteiger partial charge >= 0.3 is 53.5 Å². The van der Waals surface area contributed by atoms with Gasteiger partial charge in [-0.3, -0.25) is 32.6 Å². The van der Waals surface area contributed by atoms with Gasteiger partial charge in [-0.05, 0) is 37.5 Å². The number of unbranched alkanes of at least 4 members (excludes halogenated alkanes) is 1. The maximum absolute atomic E-state index is 13.2. The Labute approximate surface area is 564 Å². The maximum Gasteiger partial charge on any atom is 0.397 e. The van der Waals surface area contributed by atoms with Crippen LogP contribution in [-0.2, 0) is 120 Å². The van der Waals surface area contributed by atoms with E-state index in [1.807, 2.05) is 26.9 Å². The molecule has 1 aromatic rings. The summed E-state index contributed by atoms with van der Waals surface area (Å²) in [5.74, 6) is -5.97. The molecule has 6 rings (SSSR count). The summed E-state index contributed by atoms with van der Waals surface area (Å²) in [6, 6.07) is 1.59. The number of anilines is 2. The molecular weight excluding hydrogens is 1460 g/mol. The Morgan fingerprint density at radius 2 is 1.07 bits per heavy atom. The molecule has 0 spiro atoms. The average molecular weight is 1540 g/mol. The van der Waals surface area contributed by atoms with Crippen LogP contribution in [0.4, 0.5) is 11.4 Å². The van der Waals surface area contributed by atoms with Gasteiger partial charge in [-0.25, -0.2) is 26.3 Å². The van der Waals surface area contributed by atoms with Crippen LogP contribution in [0.1, 0.15) is 46.0 Å². The molecule has 19 N–H and O–H groups in total. The Morgan fingerprint density at radius 1 is 0.582 bits per heavy atom. The quantitative estimate of drug-likeness (QED) is 0.0170. The van der Waals surface area contributed by atoms with E-state index in [1.54, 1.807) is 12.1 Å². The predicted octanol–water partition coefficient (Wildman–Crippen LogP) is -7.74. The van der Waals surface area contributed by atoms with E-state index in [-0.39, 0.29) is 12.3 Å². The Morgan fingerprint density at radius 3 is 1.57 bits per heavy atom. The van der Waals surface area contributed by atoms with Crippen molar-refractivity contribution < 1.29 is 187 Å². The third kappa shape index (κ3) is 24.5. The summed E-state index contributed by atoms with van der Waals surface area (Å²) < 4.78 is 197. The van der Waals surface area contributed by atoms with Gasteiger partial charge in [0.05, 0.1) is 25.9 Å². The first-order valence-electron chi connectivity index (χ1n) is 28.8. The lowest BCUT2D eigenvalue weighted by molar-refractivity contribution is -0.366. The van der Waals surface area contributed by atoms with Crippen LogP contribution in [0, 0.1) is 0 Å². The summed E-state index contributed by atoms with van der Waals surface area (Å²) in [5, 5.41) is 131. The van der Waals surface area contributed by atoms with E-state index < -0.39 is 239 Å². The highest BCUT2D eigenvalue weighted by atomic mass is 33.1. The lowest BCUT2D eigenvalue weighted by atomic mass is 9.94. The van der Waals surface area contributed by atoms with Crippen molar-refractivity contribution in [3.8, 4) is 0 Å². The molecular formula is C48H74N4O40S6. The Bertz CT molecular complexity index is 3320. The number of ether oxygens (including phenoxy) is 8. The molecule has 5 aliphatic heterocycles. The fourth-order valence-electron chi connectivity index (χ4n) is 10.4. The minimum atomic E-state index is -6.05. The van der Waals surface area contributed by atoms with Crippen molar-refractivity contribution in [2.45, 2.75) is 198 Å². The SMILES string of the molecule is CC(=O)N[C@H]1[C@H](OC[C@@H](O)[C@@H](O)[C@H](O)[C@@H](O)CNc2cccc(NC(=O)CCCCC3CCSS3)c2)O[C@H](COS(=O)(=O)O)[C@H](O)[C@@H]1O[C@@H]1O[C@H](C(=O)O)[C@@H](O[C@@H]2O[C@H](COS(=O)(=O)O)[C@H](O)[C@H](O[C@@H]3O[C@H](C(=O)O)[C@@H](O)[C@H](O)[C@H]3OS(=O)(=O)O)[C@H]2NC(C)=O)[C@H](O)[C@H]1OS(=O)(=O)O. The molecule has 1 aromatic carbocycles. The number of aliphatic hydroxyl groups is 9. The van der Waals surface area contributed by atoms with Gasteiger partial charge in [-0.2, -0.15) is 33.7 Å². The van der Waals surface area contributed by atoms with Crippen LogP contribution < -0.4 is 21.3 Å². The molecule has 5 fully saturated rings. The zero-order valence-electron chi connectivity index (χ0n) is 50.7. The average Bonchev–Trinajstić information content (AvgIpc) is 0.779. The monoisotopic (exact) mass is 1540 g/mol. The van der Waals surface area contributed by atoms with Crippen molar-refractivity contribution in [2.24, 2.45) is 0 Å². The third-order valence-corrected chi connectivity index (χ3v) is 19.7. The van der Waals surface area contributed by atoms with Gasteiger partial charge in [0.15, 0.2) is 49.6 Å². The van der Waals surface area contributed by atoms with E-state index in [0.29, 0.717) is 30.0 Å². The van der Waals surface area contributed by atoms with Crippen molar-refractivity contribution in [3.05, 3.63) is 24.3 Å². The maximum atomic E-state index is 13.2. The topological polar surface area (TPSA) is 684 Å². The van der Waals surface area contributed by atoms with Crippen molar-refractivity contribution in [2.75, 3.05) is 42.8 Å². The summed E-state index contributed by atoms with van der Waals surface area (Å²) in [6.45, 7) is -3.32. The number of carboxylic acid groups (broad SMARTS) is 2. The highest BCUT2D eigenvalue weighted by Crippen LogP contribution is 2.41. The van der Waals surface area contributed by atoms with Crippen LogP contribution >= 0.6 is 21.6 Å². The molecule has 0 radical (unpaired) electrons. The first-order valence-corrected chi connectivity index (χ1v) is 36.6. The molecule has 0 aromatic heterocycles. The van der Waals surface area contributed by atoms with Crippen LogP contribution in [-0.4, -0.2) is 322 Å². The van der Waals surface area contributed by atoms with Gasteiger partial charge in [0, 0.05) is 49.2 Å². The van der Waals surface area contributed by atoms with Crippen LogP contribution in [0.5, 0.6) is 0 Å². The summed E-state index contributed by atoms with van der Waals surface area (Å²) in [4.78, 5) is 63.7. The van der Waals surface area contributed by atoms with Crippen LogP contribution in [0.2, 0.25) is 0 Å². The van der Waals surface area contributed by atoms with E-state index in [9.17, 15) is 132 Å². The van der Waals surface area contributed by atoms with E-state index in [1.165, 1.54) is 12.1 Å². The molecule has 0 aliphatic carbocycles. The minimum absolute atomic E-state index is 0.254. The number of aliphatic carboxylic acids is 2. The summed E-state index contributed by atoms with van der Waals surface area (Å²) >= 11 is 0. The first-order chi connectivity index (χ1) is 45.5. The standard InChI is InChI=1S/C48H74N4O40S6/c1-17(53)50-27-36(31(60)24(15-82-95(69,70)71)84-45(27)81-14-23(56)30(59)29(58)22(55)13-49-19-6-5-7-20(12-19)52-26(57)9-4-3-8-21-10-11-93-94-21)86-48-41(92-98(78,79)80)35(64)38(42(90-48)44(67)68)88-46-28(51-18(2)54)37(32(61)25(85-46)16-83-96(72,73)74)87-47-40(91-97(75,76)77)34(63)33(62)39(89-47)43(65)66/h5-7,12,21-25,27-42,45-49,55-56,58-64H,3-4,8-11,13-16H2,1-2H3,(H,50,53)(H,51,54)(H,52,57)(H,65,66)(H,67,68)(H,69,70,71)(H,72,73,74)(H,75,76,77)(H,78,79,80)/t21?,22-,23+,24+,25+,27+,28+,29+,30+,31-,32-,33-,34-,35-,36+,37+,38-,39-,40+,41+,42-,45+,46-,47+,48+/m0/s1. The molecule has 5 saturated heterocycles. The molecule has 0 saturated carbocycles. The Kier molecular flexibility index (Phi) is 30.3. The second-order valence-corrected chi connectivity index (χ2v) is 29.3. The molecule has 25 atom stereocenters. The van der Waals surface area contributed by atoms with Gasteiger partial charge in [-0.1, -0.05) is 34.1 Å². The number of carbonyl (C=O) groups excluding carboxylic acids is 3. The molecule has 1 unspecified atom stereocenters. The van der Waals surface area contributed by atoms with E-state index in [2.05, 4.69) is 32.7 Å². The second kappa shape index (κ2) is 35.8. The van der Waals surface area contributed by atoms with Crippen LogP contribution in [0.25, 0.3) is 0 Å². The zero-order valence-corrected chi connectivity index (χ0v) is 55.6. The lowest BCUT2D eigenvalue weighted by Crippen LogP contribution is -2.71. The molecule has 5 aliphatic rings. The predicted molar refractivity (Wildman–Crippen MR) is 318 cm³/mol. The largest absolute Gasteiger partial charge is 0.479 e. The number of hydrogen-bond donors (Lipinski definition) is 19. The van der Waals surface area contributed by atoms with Gasteiger partial charge < -0.3 is 115 Å². The molecule has 44 nitrogen and oxygen atoms in total. The Hall–Kier alpha value is -4.13. The number of rotatable bonds is 35. The number of aliphatic hydroxyl groups excluding tert-OH is 9. The number of nitrogens with one attached hydrogen (secondary N) is 4. The summed E-state index contributed by atoms with van der Waals surface area (Å²) in [5.41, 5.74) is 0.686. The highest BCUT2D eigenvalue weighted by Gasteiger charge is 2.60. The van der Waals surface area contributed by atoms with Crippen molar-refractivity contribution in [3.63, 3.8) is 0 Å². The smallest absolute Gasteiger partial charge is 0.397 e. The molecule has 50 heteroatoms. The summed E-state index contributed by atoms with van der Waals surface area (Å²) in [7, 11) is -19.2. The number of carboxylic acids is 2. The van der Waals surface area contributed by atoms with Crippen LogP contribution in [0.15, 0.2) is 24.3 Å². The zero-order chi connectivity index (χ0) is 73.1. The highest BCUT2D eigenvalue weighted by molar-refractivity contribution is 8.77. The second-order valence-electron chi connectivity index (χ2n) is 22.3. The molecule has 562 valence electrons. The molecule has 5 heterocycles. The fourth-order valence-corrected chi connectivity index (χ4v) is 15.0. The van der Waals surface area contributed by atoms with E-state index >= 15 is 0 Å². The Balaban J connectivity index is 1.26. The number of carbonyl (C=O) groups is 5. The summed E-state index contributed by atoms with van der Waals surface area (Å²) in [6.07, 6.45) is -53.1. The lowest BCUT2D eigenvalue weighted by Gasteiger charge is -2.50. The number of amides is 3. The van der Waals surface area contributed by atoms with Crippen molar-refractivity contribution in [1.82, 2.24) is 10.6 Å². The van der Waals surface area contributed by atoms with Crippen molar-refractivity contribution >= 4 is 104 Å². The minimum Gasteiger partial charge on any atom is -0.479 e. The fraction of sp³-hybridized carbons (Fsp3) is 0.771. The van der Waals surface area contributed by atoms with E-state index in [4.69, 9.17) is 37.9 Å². The molecule has 98 heavy (non-hydrogen) atoms. The van der Waals surface area contributed by atoms with Crippen molar-refractivity contribution in [1.29, 1.82) is 0 Å². The van der Waals surface area contributed by atoms with Gasteiger partial charge in [0.25, 0.3) is 0 Å². The third-order valence-electron chi connectivity index (χ3n) is 14.9. The normalized spacial score (nSPS) is 33.9. The molecule has 0 bridgehead atoms. The van der Waals surface area contributed by atoms with Gasteiger partial charge in [0.2, 0.25) is 17.7 Å². The number of benzene rings is 1. The van der Waals surface area contributed by atoms with Gasteiger partial charge in [0.1, 0.15) is 91.4 Å². The van der Waals surface area contributed by atoms with Gasteiger partial charge in [-0.15, -0.1) is 0 Å². The van der Waals surface area contributed by atoms with Crippen LogP contribution in [0.3, 0.4) is 0 Å². The first kappa shape index (κ1) is 82.8. The molecule has 3 amide bonds.